The topological polar surface area (TPSA) is 59.3 Å². The average Bonchev–Trinajstić information content (AvgIpc) is 2.67. The fraction of sp³-hybridized carbons (Fsp3) is 0.250. The molecule has 5 nitrogen and oxygen atoms in total. The van der Waals surface area contributed by atoms with Crippen LogP contribution in [0.1, 0.15) is 24.1 Å². The second-order valence-electron chi connectivity index (χ2n) is 6.25. The zero-order valence-corrected chi connectivity index (χ0v) is 14.6. The van der Waals surface area contributed by atoms with E-state index in [-0.39, 0.29) is 11.5 Å². The minimum absolute atomic E-state index is 0.0260. The number of anilines is 1. The van der Waals surface area contributed by atoms with Crippen LogP contribution in [0.2, 0.25) is 0 Å². The van der Waals surface area contributed by atoms with Gasteiger partial charge in [-0.2, -0.15) is 0 Å². The van der Waals surface area contributed by atoms with E-state index in [1.165, 1.54) is 12.1 Å². The number of piperidine rings is 1. The summed E-state index contributed by atoms with van der Waals surface area (Å²) in [5.41, 5.74) is 2.46. The van der Waals surface area contributed by atoms with E-state index in [0.29, 0.717) is 24.5 Å². The monoisotopic (exact) mass is 353 g/mol. The molecule has 0 N–H and O–H groups in total. The van der Waals surface area contributed by atoms with Gasteiger partial charge in [0.2, 0.25) is 5.82 Å². The normalized spacial score (nSPS) is 15.1. The summed E-state index contributed by atoms with van der Waals surface area (Å²) in [4.78, 5) is 17.1. The van der Waals surface area contributed by atoms with Crippen LogP contribution in [0.5, 0.6) is 0 Å². The Bertz CT molecular complexity index is 853. The largest absolute Gasteiger partial charge is 0.350 e. The molecule has 1 aliphatic rings. The van der Waals surface area contributed by atoms with Crippen LogP contribution in [0.25, 0.3) is 5.83 Å². The number of aryl methyl sites for hydroxylation is 1. The van der Waals surface area contributed by atoms with Crippen molar-refractivity contribution in [2.75, 3.05) is 18.0 Å². The van der Waals surface area contributed by atoms with Crippen LogP contribution in [0.3, 0.4) is 0 Å². The molecule has 1 aliphatic heterocycles. The third-order valence-electron chi connectivity index (χ3n) is 4.41. The van der Waals surface area contributed by atoms with Gasteiger partial charge in [0.05, 0.1) is 4.92 Å². The lowest BCUT2D eigenvalue weighted by atomic mass is 10.0. The Hall–Kier alpha value is -3.02. The van der Waals surface area contributed by atoms with E-state index < -0.39 is 4.92 Å². The van der Waals surface area contributed by atoms with Crippen LogP contribution in [-0.2, 0) is 0 Å². The molecule has 1 saturated heterocycles. The molecule has 0 aliphatic carbocycles. The summed E-state index contributed by atoms with van der Waals surface area (Å²) in [6.45, 7) is 3.08. The minimum Gasteiger partial charge on any atom is -0.350 e. The summed E-state index contributed by atoms with van der Waals surface area (Å²) in [6, 6.07) is 12.1. The Morgan fingerprint density at radius 2 is 1.88 bits per heavy atom. The Labute approximate surface area is 151 Å². The molecule has 3 rings (SSSR count). The molecule has 2 heterocycles. The highest BCUT2D eigenvalue weighted by molar-refractivity contribution is 5.61. The summed E-state index contributed by atoms with van der Waals surface area (Å²) in [7, 11) is 0. The van der Waals surface area contributed by atoms with E-state index in [0.717, 1.165) is 24.1 Å². The summed E-state index contributed by atoms with van der Waals surface area (Å²) in [6.07, 6.45) is 4.77. The number of halogens is 1. The van der Waals surface area contributed by atoms with Gasteiger partial charge in [-0.1, -0.05) is 42.0 Å². The second kappa shape index (κ2) is 7.91. The smallest absolute Gasteiger partial charge is 0.311 e. The molecule has 6 heteroatoms. The van der Waals surface area contributed by atoms with Crippen LogP contribution in [0.15, 0.2) is 60.2 Å². The van der Waals surface area contributed by atoms with E-state index >= 15 is 0 Å². The first kappa shape index (κ1) is 17.8. The van der Waals surface area contributed by atoms with Crippen molar-refractivity contribution >= 4 is 17.3 Å². The minimum atomic E-state index is -0.398. The van der Waals surface area contributed by atoms with Gasteiger partial charge < -0.3 is 4.90 Å². The zero-order valence-electron chi connectivity index (χ0n) is 14.6. The lowest BCUT2D eigenvalue weighted by Gasteiger charge is -2.29. The van der Waals surface area contributed by atoms with Gasteiger partial charge in [0.1, 0.15) is 5.83 Å². The first-order chi connectivity index (χ1) is 12.5. The number of hydrogen-bond acceptors (Lipinski definition) is 4. The van der Waals surface area contributed by atoms with Crippen LogP contribution in [-0.4, -0.2) is 23.0 Å². The van der Waals surface area contributed by atoms with Crippen LogP contribution in [0.4, 0.5) is 15.9 Å². The molecule has 0 amide bonds. The quantitative estimate of drug-likeness (QED) is 0.583. The molecule has 0 bridgehead atoms. The molecule has 0 saturated carbocycles. The van der Waals surface area contributed by atoms with E-state index in [4.69, 9.17) is 0 Å². The first-order valence-corrected chi connectivity index (χ1v) is 8.52. The zero-order chi connectivity index (χ0) is 18.5. The van der Waals surface area contributed by atoms with Crippen molar-refractivity contribution in [3.8, 4) is 0 Å². The van der Waals surface area contributed by atoms with Crippen LogP contribution in [0, 0.1) is 17.0 Å². The van der Waals surface area contributed by atoms with E-state index in [1.807, 2.05) is 24.0 Å². The van der Waals surface area contributed by atoms with Gasteiger partial charge in [0.25, 0.3) is 0 Å². The van der Waals surface area contributed by atoms with Gasteiger partial charge in [-0.05, 0) is 31.9 Å². The van der Waals surface area contributed by atoms with Crippen molar-refractivity contribution in [1.29, 1.82) is 0 Å². The van der Waals surface area contributed by atoms with E-state index in [9.17, 15) is 14.5 Å². The highest BCUT2D eigenvalue weighted by atomic mass is 19.1. The lowest BCUT2D eigenvalue weighted by Crippen LogP contribution is -2.32. The molecular weight excluding hydrogens is 333 g/mol. The number of allylic oxidation sites excluding steroid dienone is 2. The average molecular weight is 353 g/mol. The highest BCUT2D eigenvalue weighted by Gasteiger charge is 2.23. The van der Waals surface area contributed by atoms with Gasteiger partial charge in [-0.15, -0.1) is 0 Å². The van der Waals surface area contributed by atoms with Gasteiger partial charge >= 0.3 is 5.69 Å². The molecule has 0 spiro atoms. The van der Waals surface area contributed by atoms with Crippen molar-refractivity contribution in [2.45, 2.75) is 19.8 Å². The summed E-state index contributed by atoms with van der Waals surface area (Å²) < 4.78 is 14.1. The molecule has 26 heavy (non-hydrogen) atoms. The summed E-state index contributed by atoms with van der Waals surface area (Å²) >= 11 is 0. The van der Waals surface area contributed by atoms with E-state index in [2.05, 4.69) is 4.98 Å². The van der Waals surface area contributed by atoms with Crippen molar-refractivity contribution in [3.05, 3.63) is 81.6 Å². The van der Waals surface area contributed by atoms with Crippen molar-refractivity contribution in [1.82, 2.24) is 4.98 Å². The molecule has 1 aromatic heterocycles. The van der Waals surface area contributed by atoms with Gasteiger partial charge in [0.15, 0.2) is 0 Å². The molecule has 0 radical (unpaired) electrons. The third kappa shape index (κ3) is 4.14. The third-order valence-corrected chi connectivity index (χ3v) is 4.41. The number of benzene rings is 1. The van der Waals surface area contributed by atoms with Crippen LogP contribution >= 0.6 is 0 Å². The molecule has 1 fully saturated rings. The number of pyridine rings is 1. The Kier molecular flexibility index (Phi) is 5.41. The maximum Gasteiger partial charge on any atom is 0.311 e. The molecule has 134 valence electrons. The maximum atomic E-state index is 14.1. The summed E-state index contributed by atoms with van der Waals surface area (Å²) in [5, 5.41) is 11.2. The SMILES string of the molecule is Cc1ccc([N+](=O)[O-])c(N2CCC(=C/C=C(\F)c3ccccc3)CC2)n1. The second-order valence-corrected chi connectivity index (χ2v) is 6.25. The molecule has 1 aromatic carbocycles. The molecule has 2 aromatic rings. The molecular formula is C20H20FN3O2. The highest BCUT2D eigenvalue weighted by Crippen LogP contribution is 2.30. The first-order valence-electron chi connectivity index (χ1n) is 8.52. The van der Waals surface area contributed by atoms with E-state index in [1.54, 1.807) is 30.3 Å². The van der Waals surface area contributed by atoms with Gasteiger partial charge in [0, 0.05) is 30.4 Å². The van der Waals surface area contributed by atoms with Crippen LogP contribution < -0.4 is 4.90 Å². The van der Waals surface area contributed by atoms with Gasteiger partial charge in [-0.3, -0.25) is 10.1 Å². The standard InChI is InChI=1S/C20H20FN3O2/c1-15-7-10-19(24(25)26)20(22-15)23-13-11-16(12-14-23)8-9-18(21)17-5-3-2-4-6-17/h2-10H,11-14H2,1H3/b18-9-. The number of nitro groups is 1. The fourth-order valence-corrected chi connectivity index (χ4v) is 2.97. The fourth-order valence-electron chi connectivity index (χ4n) is 2.97. The Morgan fingerprint density at radius 1 is 1.19 bits per heavy atom. The molecule has 0 atom stereocenters. The number of hydrogen-bond donors (Lipinski definition) is 0. The predicted molar refractivity (Wildman–Crippen MR) is 101 cm³/mol. The van der Waals surface area contributed by atoms with Crippen molar-refractivity contribution in [2.24, 2.45) is 0 Å². The van der Waals surface area contributed by atoms with Crippen molar-refractivity contribution < 1.29 is 9.31 Å². The number of nitrogens with zero attached hydrogens (tertiary/aromatic N) is 3. The number of aromatic nitrogens is 1. The molecule has 0 unspecified atom stereocenters. The Balaban J connectivity index is 1.70. The van der Waals surface area contributed by atoms with Gasteiger partial charge in [-0.25, -0.2) is 9.37 Å². The lowest BCUT2D eigenvalue weighted by molar-refractivity contribution is -0.384. The maximum absolute atomic E-state index is 14.1. The van der Waals surface area contributed by atoms with Crippen molar-refractivity contribution in [3.63, 3.8) is 0 Å². The summed E-state index contributed by atoms with van der Waals surface area (Å²) in [5.74, 6) is 0.150. The number of rotatable bonds is 4. The predicted octanol–water partition coefficient (Wildman–Crippen LogP) is 4.84. The Morgan fingerprint density at radius 3 is 2.54 bits per heavy atom.